The number of thioether (sulfide) groups is 1. The molecule has 5 rings (SSSR count). The molecular weight excluding hydrogens is 428 g/mol. The van der Waals surface area contributed by atoms with Crippen molar-refractivity contribution in [1.29, 1.82) is 0 Å². The van der Waals surface area contributed by atoms with Crippen LogP contribution >= 0.6 is 11.8 Å². The quantitative estimate of drug-likeness (QED) is 0.697. The van der Waals surface area contributed by atoms with E-state index in [1.165, 1.54) is 16.7 Å². The van der Waals surface area contributed by atoms with Crippen LogP contribution < -0.4 is 5.32 Å². The number of benzene rings is 2. The van der Waals surface area contributed by atoms with Crippen LogP contribution in [-0.2, 0) is 14.3 Å². The fourth-order valence-corrected chi connectivity index (χ4v) is 5.80. The van der Waals surface area contributed by atoms with Gasteiger partial charge in [-0.25, -0.2) is 9.59 Å². The molecule has 1 aliphatic heterocycles. The molecule has 0 aromatic heterocycles. The van der Waals surface area contributed by atoms with E-state index in [0.717, 1.165) is 22.3 Å². The average molecular weight is 453 g/mol. The van der Waals surface area contributed by atoms with Crippen molar-refractivity contribution in [2.45, 2.75) is 36.8 Å². The number of aliphatic carboxylic acids is 1. The summed E-state index contributed by atoms with van der Waals surface area (Å²) in [5.41, 5.74) is 3.99. The maximum atomic E-state index is 12.7. The monoisotopic (exact) mass is 452 g/mol. The molecule has 2 aliphatic carbocycles. The van der Waals surface area contributed by atoms with Gasteiger partial charge in [0.15, 0.2) is 0 Å². The minimum absolute atomic E-state index is 0.0251. The first-order valence-corrected chi connectivity index (χ1v) is 11.9. The molecule has 32 heavy (non-hydrogen) atoms. The Hall–Kier alpha value is -3.00. The van der Waals surface area contributed by atoms with Gasteiger partial charge in [0.25, 0.3) is 0 Å². The second-order valence-electron chi connectivity index (χ2n) is 8.63. The van der Waals surface area contributed by atoms with Crippen LogP contribution in [0.3, 0.4) is 0 Å². The Balaban J connectivity index is 1.21. The van der Waals surface area contributed by atoms with Crippen LogP contribution in [0.25, 0.3) is 11.1 Å². The van der Waals surface area contributed by atoms with E-state index >= 15 is 0 Å². The van der Waals surface area contributed by atoms with E-state index in [9.17, 15) is 19.5 Å². The number of carboxylic acids is 1. The molecule has 1 atom stereocenters. The Labute approximate surface area is 190 Å². The summed E-state index contributed by atoms with van der Waals surface area (Å²) in [6.07, 6.45) is 0.924. The second kappa shape index (κ2) is 8.16. The third-order valence-corrected chi connectivity index (χ3v) is 7.55. The third-order valence-electron chi connectivity index (χ3n) is 6.54. The van der Waals surface area contributed by atoms with Crippen LogP contribution in [0.5, 0.6) is 0 Å². The number of ether oxygens (including phenoxy) is 1. The van der Waals surface area contributed by atoms with Crippen LogP contribution in [0.4, 0.5) is 4.79 Å². The minimum atomic E-state index is -0.988. The second-order valence-corrected chi connectivity index (χ2v) is 9.62. The lowest BCUT2D eigenvalue weighted by molar-refractivity contribution is -0.148. The highest BCUT2D eigenvalue weighted by Gasteiger charge is 2.48. The van der Waals surface area contributed by atoms with Gasteiger partial charge in [-0.05, 0) is 35.1 Å². The molecule has 0 bridgehead atoms. The van der Waals surface area contributed by atoms with Crippen molar-refractivity contribution >= 4 is 29.7 Å². The molecule has 1 heterocycles. The highest BCUT2D eigenvalue weighted by Crippen LogP contribution is 2.45. The lowest BCUT2D eigenvalue weighted by atomic mass is 9.98. The molecule has 2 fully saturated rings. The highest BCUT2D eigenvalue weighted by molar-refractivity contribution is 7.99. The van der Waals surface area contributed by atoms with Crippen molar-refractivity contribution < 1.29 is 24.2 Å². The van der Waals surface area contributed by atoms with Gasteiger partial charge in [0.1, 0.15) is 12.6 Å². The van der Waals surface area contributed by atoms with Crippen LogP contribution in [0, 0.1) is 0 Å². The van der Waals surface area contributed by atoms with Gasteiger partial charge in [-0.2, -0.15) is 0 Å². The van der Waals surface area contributed by atoms with Gasteiger partial charge in [-0.3, -0.25) is 4.79 Å². The number of carbonyl (C=O) groups is 3. The smallest absolute Gasteiger partial charge is 0.407 e. The molecule has 2 N–H and O–H groups in total. The zero-order valence-corrected chi connectivity index (χ0v) is 18.3. The van der Waals surface area contributed by atoms with E-state index in [1.807, 2.05) is 24.3 Å². The Kier molecular flexibility index (Phi) is 5.33. The third kappa shape index (κ3) is 3.83. The Morgan fingerprint density at radius 1 is 1.06 bits per heavy atom. The topological polar surface area (TPSA) is 95.9 Å². The summed E-state index contributed by atoms with van der Waals surface area (Å²) in [5, 5.41) is 12.2. The number of carboxylic acid groups (broad SMARTS) is 1. The van der Waals surface area contributed by atoms with E-state index in [4.69, 9.17) is 4.74 Å². The van der Waals surface area contributed by atoms with Gasteiger partial charge in [-0.15, -0.1) is 11.8 Å². The molecule has 1 unspecified atom stereocenters. The van der Waals surface area contributed by atoms with Crippen molar-refractivity contribution in [3.63, 3.8) is 0 Å². The summed E-state index contributed by atoms with van der Waals surface area (Å²) in [4.78, 5) is 38.1. The van der Waals surface area contributed by atoms with E-state index in [0.29, 0.717) is 24.5 Å². The predicted octanol–water partition coefficient (Wildman–Crippen LogP) is 3.43. The number of hydrogen-bond acceptors (Lipinski definition) is 5. The summed E-state index contributed by atoms with van der Waals surface area (Å²) in [6, 6.07) is 15.5. The molecule has 2 aromatic carbocycles. The lowest BCUT2D eigenvalue weighted by Crippen LogP contribution is -2.46. The zero-order valence-electron chi connectivity index (χ0n) is 17.5. The number of fused-ring (bicyclic) bond motifs is 3. The number of alkyl carbamates (subject to hydrolysis) is 1. The molecule has 2 amide bonds. The van der Waals surface area contributed by atoms with Crippen LogP contribution in [0.1, 0.15) is 36.3 Å². The minimum Gasteiger partial charge on any atom is -0.480 e. The Morgan fingerprint density at radius 2 is 1.69 bits per heavy atom. The summed E-state index contributed by atoms with van der Waals surface area (Å²) in [5.74, 6) is -0.482. The largest absolute Gasteiger partial charge is 0.480 e. The van der Waals surface area contributed by atoms with Gasteiger partial charge in [0.05, 0.1) is 17.8 Å². The van der Waals surface area contributed by atoms with Crippen molar-refractivity contribution in [3.05, 3.63) is 59.7 Å². The molecule has 7 nitrogen and oxygen atoms in total. The number of nitrogens with zero attached hydrogens (tertiary/aromatic N) is 1. The zero-order chi connectivity index (χ0) is 22.3. The predicted molar refractivity (Wildman–Crippen MR) is 120 cm³/mol. The molecule has 8 heteroatoms. The molecule has 2 aromatic rings. The van der Waals surface area contributed by atoms with Crippen LogP contribution in [0.2, 0.25) is 0 Å². The highest BCUT2D eigenvalue weighted by atomic mass is 32.2. The summed E-state index contributed by atoms with van der Waals surface area (Å²) in [7, 11) is 0. The molecule has 166 valence electrons. The molecular formula is C24H24N2O5S. The van der Waals surface area contributed by atoms with E-state index in [2.05, 4.69) is 29.6 Å². The average Bonchev–Trinajstić information content (AvgIpc) is 3.23. The van der Waals surface area contributed by atoms with Crippen LogP contribution in [0.15, 0.2) is 48.5 Å². The van der Waals surface area contributed by atoms with Crippen molar-refractivity contribution in [2.75, 3.05) is 18.2 Å². The van der Waals surface area contributed by atoms with E-state index in [-0.39, 0.29) is 24.9 Å². The fraction of sp³-hybridized carbons (Fsp3) is 0.375. The lowest BCUT2D eigenvalue weighted by Gasteiger charge is -2.24. The van der Waals surface area contributed by atoms with Gasteiger partial charge < -0.3 is 20.1 Å². The molecule has 0 spiro atoms. The Bertz CT molecular complexity index is 1040. The molecule has 1 saturated heterocycles. The van der Waals surface area contributed by atoms with Crippen LogP contribution in [-0.4, -0.2) is 57.8 Å². The fourth-order valence-electron chi connectivity index (χ4n) is 4.63. The van der Waals surface area contributed by atoms with Crippen molar-refractivity contribution in [2.24, 2.45) is 0 Å². The summed E-state index contributed by atoms with van der Waals surface area (Å²) < 4.78 is 5.61. The maximum absolute atomic E-state index is 12.7. The number of hydrogen-bond donors (Lipinski definition) is 2. The Morgan fingerprint density at radius 3 is 2.28 bits per heavy atom. The molecule has 3 aliphatic rings. The van der Waals surface area contributed by atoms with E-state index in [1.54, 1.807) is 0 Å². The normalized spacial score (nSPS) is 20.4. The maximum Gasteiger partial charge on any atom is 0.407 e. The number of carbonyl (C=O) groups excluding carboxylic acids is 2. The standard InChI is InChI=1S/C24H24N2O5S/c27-21(26-14-32-13-20(26)22(28)29)11-24(9-10-24)25-23(30)31-12-19-17-7-3-1-5-15(17)16-6-2-4-8-18(16)19/h1-8,19-20H,9-14H2,(H,25,30)(H,28,29). The summed E-state index contributed by atoms with van der Waals surface area (Å²) in [6.45, 7) is 0.216. The number of amides is 2. The van der Waals surface area contributed by atoms with Crippen molar-refractivity contribution in [1.82, 2.24) is 10.2 Å². The SMILES string of the molecule is O=C(NC1(CC(=O)N2CSCC2C(=O)O)CC1)OCC1c2ccccc2-c2ccccc21. The van der Waals surface area contributed by atoms with Gasteiger partial charge in [0.2, 0.25) is 5.91 Å². The number of nitrogens with one attached hydrogen (secondary N) is 1. The van der Waals surface area contributed by atoms with Gasteiger partial charge in [0, 0.05) is 11.7 Å². The first-order valence-electron chi connectivity index (χ1n) is 10.7. The van der Waals surface area contributed by atoms with Gasteiger partial charge >= 0.3 is 12.1 Å². The molecule has 1 saturated carbocycles. The molecule has 0 radical (unpaired) electrons. The summed E-state index contributed by atoms with van der Waals surface area (Å²) >= 11 is 1.43. The van der Waals surface area contributed by atoms with E-state index < -0.39 is 23.6 Å². The van der Waals surface area contributed by atoms with Gasteiger partial charge in [-0.1, -0.05) is 48.5 Å². The first-order chi connectivity index (χ1) is 15.5. The van der Waals surface area contributed by atoms with Crippen molar-refractivity contribution in [3.8, 4) is 11.1 Å². The number of rotatable bonds is 6. The first kappa shape index (κ1) is 20.9.